The van der Waals surface area contributed by atoms with Crippen LogP contribution >= 0.6 is 0 Å². The molecule has 176 valence electrons. The average molecular weight is 459 g/mol. The van der Waals surface area contributed by atoms with E-state index < -0.39 is 19.6 Å². The van der Waals surface area contributed by atoms with Gasteiger partial charge in [0, 0.05) is 25.3 Å². The smallest absolute Gasteiger partial charge is 0.423 e. The maximum atomic E-state index is 14.7. The van der Waals surface area contributed by atoms with Crippen LogP contribution in [0.4, 0.5) is 15.8 Å². The van der Waals surface area contributed by atoms with E-state index >= 15 is 0 Å². The zero-order valence-electron chi connectivity index (χ0n) is 18.1. The second-order valence-corrected chi connectivity index (χ2v) is 8.07. The van der Waals surface area contributed by atoms with E-state index in [-0.39, 0.29) is 24.7 Å². The maximum absolute atomic E-state index is 14.7. The highest BCUT2D eigenvalue weighted by Gasteiger charge is 2.32. The Kier molecular flexibility index (Phi) is 7.46. The molecule has 2 heterocycles. The Morgan fingerprint density at radius 3 is 2.55 bits per heavy atom. The minimum atomic E-state index is -1.55. The van der Waals surface area contributed by atoms with Crippen molar-refractivity contribution in [2.24, 2.45) is 0 Å². The van der Waals surface area contributed by atoms with Crippen molar-refractivity contribution in [2.75, 3.05) is 49.2 Å². The van der Waals surface area contributed by atoms with Gasteiger partial charge in [0.15, 0.2) is 0 Å². The van der Waals surface area contributed by atoms with Crippen LogP contribution in [0.3, 0.4) is 0 Å². The highest BCUT2D eigenvalue weighted by molar-refractivity contribution is 6.58. The highest BCUT2D eigenvalue weighted by Crippen LogP contribution is 2.29. The number of aliphatic hydroxyl groups is 1. The summed E-state index contributed by atoms with van der Waals surface area (Å²) in [5.74, 6) is -0.608. The molecule has 0 radical (unpaired) electrons. The van der Waals surface area contributed by atoms with E-state index in [0.29, 0.717) is 49.7 Å². The van der Waals surface area contributed by atoms with Gasteiger partial charge in [0.1, 0.15) is 5.82 Å². The minimum Gasteiger partial charge on any atom is -0.423 e. The Balaban J connectivity index is 1.29. The van der Waals surface area contributed by atoms with E-state index in [1.165, 1.54) is 6.07 Å². The Morgan fingerprint density at radius 1 is 1.15 bits per heavy atom. The summed E-state index contributed by atoms with van der Waals surface area (Å²) in [5, 5.41) is 31.3. The predicted molar refractivity (Wildman–Crippen MR) is 121 cm³/mol. The molecule has 9 nitrogen and oxygen atoms in total. The van der Waals surface area contributed by atoms with Gasteiger partial charge in [0.2, 0.25) is 12.3 Å². The number of hydrogen-bond acceptors (Lipinski definition) is 8. The summed E-state index contributed by atoms with van der Waals surface area (Å²) in [6, 6.07) is 11.2. The van der Waals surface area contributed by atoms with Gasteiger partial charge >= 0.3 is 7.12 Å². The standard InChI is InChI=1S/C22H27BFN3O6/c24-19-12-17(5-6-20(19)26-7-9-32-10-8-26)27-14-18(33-22(27)29)13-25-21(28)11-15-1-3-16(4-2-15)23(30)31/h1-6,12,18,22,29-31H,7-11,13-14H2,(H,25,28)/t18-,22?/m0/s1. The third-order valence-corrected chi connectivity index (χ3v) is 5.77. The van der Waals surface area contributed by atoms with Crippen molar-refractivity contribution in [1.29, 1.82) is 0 Å². The summed E-state index contributed by atoms with van der Waals surface area (Å²) < 4.78 is 25.6. The third kappa shape index (κ3) is 5.81. The average Bonchev–Trinajstić information content (AvgIpc) is 3.19. The molecule has 33 heavy (non-hydrogen) atoms. The van der Waals surface area contributed by atoms with Crippen molar-refractivity contribution in [3.05, 3.63) is 53.8 Å². The first-order valence-electron chi connectivity index (χ1n) is 10.8. The van der Waals surface area contributed by atoms with E-state index in [4.69, 9.17) is 19.5 Å². The Labute approximate surface area is 191 Å². The minimum absolute atomic E-state index is 0.120. The molecule has 2 aromatic carbocycles. The number of nitrogens with zero attached hydrogens (tertiary/aromatic N) is 2. The second-order valence-electron chi connectivity index (χ2n) is 8.07. The van der Waals surface area contributed by atoms with Gasteiger partial charge in [-0.25, -0.2) is 4.39 Å². The lowest BCUT2D eigenvalue weighted by Crippen LogP contribution is -2.37. The van der Waals surface area contributed by atoms with Crippen molar-refractivity contribution in [3.63, 3.8) is 0 Å². The van der Waals surface area contributed by atoms with Gasteiger partial charge in [-0.3, -0.25) is 4.79 Å². The maximum Gasteiger partial charge on any atom is 0.488 e. The molecule has 11 heteroatoms. The lowest BCUT2D eigenvalue weighted by Gasteiger charge is -2.30. The molecule has 2 aromatic rings. The Bertz CT molecular complexity index is 958. The quantitative estimate of drug-likeness (QED) is 0.398. The monoisotopic (exact) mass is 459 g/mol. The number of morpholine rings is 1. The molecule has 1 unspecified atom stereocenters. The molecule has 4 N–H and O–H groups in total. The molecular weight excluding hydrogens is 432 g/mol. The molecule has 1 amide bonds. The molecule has 4 rings (SSSR count). The van der Waals surface area contributed by atoms with Crippen molar-refractivity contribution in [1.82, 2.24) is 5.32 Å². The normalized spacial score (nSPS) is 20.7. The van der Waals surface area contributed by atoms with Crippen molar-refractivity contribution >= 4 is 29.9 Å². The van der Waals surface area contributed by atoms with Crippen LogP contribution in [-0.2, 0) is 20.7 Å². The molecule has 0 aliphatic carbocycles. The topological polar surface area (TPSA) is 115 Å². The molecule has 0 bridgehead atoms. The summed E-state index contributed by atoms with van der Waals surface area (Å²) in [5.41, 5.74) is 2.07. The number of benzene rings is 2. The number of ether oxygens (including phenoxy) is 2. The van der Waals surface area contributed by atoms with Gasteiger partial charge in [-0.2, -0.15) is 0 Å². The first-order valence-corrected chi connectivity index (χ1v) is 10.8. The lowest BCUT2D eigenvalue weighted by molar-refractivity contribution is -0.122. The third-order valence-electron chi connectivity index (χ3n) is 5.77. The number of halogens is 1. The van der Waals surface area contributed by atoms with Crippen LogP contribution in [0.25, 0.3) is 0 Å². The molecule has 2 aliphatic heterocycles. The summed E-state index contributed by atoms with van der Waals surface area (Å²) in [7, 11) is -1.55. The fourth-order valence-electron chi connectivity index (χ4n) is 3.96. The second kappa shape index (κ2) is 10.5. The largest absolute Gasteiger partial charge is 0.488 e. The van der Waals surface area contributed by atoms with Crippen LogP contribution in [0.1, 0.15) is 5.56 Å². The fraction of sp³-hybridized carbons (Fsp3) is 0.409. The number of aliphatic hydroxyl groups excluding tert-OH is 1. The van der Waals surface area contributed by atoms with E-state index in [1.54, 1.807) is 41.3 Å². The number of amides is 1. The molecule has 0 aromatic heterocycles. The number of anilines is 2. The summed E-state index contributed by atoms with van der Waals surface area (Å²) in [6.45, 7) is 2.85. The van der Waals surface area contributed by atoms with Crippen LogP contribution in [0, 0.1) is 5.82 Å². The van der Waals surface area contributed by atoms with Gasteiger partial charge in [0.25, 0.3) is 0 Å². The zero-order chi connectivity index (χ0) is 23.4. The molecule has 2 aliphatic rings. The van der Waals surface area contributed by atoms with Gasteiger partial charge in [-0.15, -0.1) is 0 Å². The van der Waals surface area contributed by atoms with Crippen molar-refractivity contribution in [2.45, 2.75) is 18.9 Å². The number of carbonyl (C=O) groups excluding carboxylic acids is 1. The van der Waals surface area contributed by atoms with Gasteiger partial charge in [-0.1, -0.05) is 24.3 Å². The molecule has 0 spiro atoms. The molecular formula is C22H27BFN3O6. The van der Waals surface area contributed by atoms with Crippen molar-refractivity contribution in [3.8, 4) is 0 Å². The fourth-order valence-corrected chi connectivity index (χ4v) is 3.96. The van der Waals surface area contributed by atoms with Gasteiger partial charge in [-0.05, 0) is 29.2 Å². The number of hydrogen-bond donors (Lipinski definition) is 4. The van der Waals surface area contributed by atoms with Crippen LogP contribution in [-0.4, -0.2) is 80.1 Å². The first-order chi connectivity index (χ1) is 15.9. The van der Waals surface area contributed by atoms with E-state index in [0.717, 1.165) is 5.56 Å². The SMILES string of the molecule is O=C(Cc1ccc(B(O)O)cc1)NC[C@H]1CN(c2ccc(N3CCOCC3)c(F)c2)C(O)O1. The Hall–Kier alpha value is -2.70. The van der Waals surface area contributed by atoms with Crippen LogP contribution in [0.15, 0.2) is 42.5 Å². The zero-order valence-corrected chi connectivity index (χ0v) is 18.1. The van der Waals surface area contributed by atoms with Crippen LogP contribution < -0.4 is 20.6 Å². The summed E-state index contributed by atoms with van der Waals surface area (Å²) >= 11 is 0. The number of carbonyl (C=O) groups is 1. The van der Waals surface area contributed by atoms with Gasteiger partial charge in [0.05, 0.1) is 38.0 Å². The lowest BCUT2D eigenvalue weighted by atomic mass is 9.80. The molecule has 2 saturated heterocycles. The van der Waals surface area contributed by atoms with Gasteiger partial charge < -0.3 is 39.7 Å². The van der Waals surface area contributed by atoms with E-state index in [9.17, 15) is 14.3 Å². The summed E-state index contributed by atoms with van der Waals surface area (Å²) in [4.78, 5) is 15.7. The number of nitrogens with one attached hydrogen (secondary N) is 1. The number of rotatable bonds is 7. The molecule has 0 saturated carbocycles. The van der Waals surface area contributed by atoms with Crippen LogP contribution in [0.5, 0.6) is 0 Å². The van der Waals surface area contributed by atoms with Crippen molar-refractivity contribution < 1.29 is 33.8 Å². The van der Waals surface area contributed by atoms with E-state index in [1.807, 2.05) is 4.90 Å². The van der Waals surface area contributed by atoms with Crippen LogP contribution in [0.2, 0.25) is 0 Å². The Morgan fingerprint density at radius 2 is 1.88 bits per heavy atom. The van der Waals surface area contributed by atoms with E-state index in [2.05, 4.69) is 5.32 Å². The first kappa shape index (κ1) is 23.5. The highest BCUT2D eigenvalue weighted by atomic mass is 19.1. The molecule has 2 fully saturated rings. The summed E-state index contributed by atoms with van der Waals surface area (Å²) in [6.07, 6.45) is -1.58. The predicted octanol–water partition coefficient (Wildman–Crippen LogP) is -0.818. The molecule has 2 atom stereocenters.